The maximum Gasteiger partial charge on any atom is -0.0324 e. The van der Waals surface area contributed by atoms with Gasteiger partial charge in [-0.15, -0.1) is 0 Å². The molecule has 0 heteroatoms. The van der Waals surface area contributed by atoms with Crippen LogP contribution in [0.15, 0.2) is 0 Å². The van der Waals surface area contributed by atoms with Crippen LogP contribution in [0.25, 0.3) is 0 Å². The van der Waals surface area contributed by atoms with Crippen LogP contribution in [-0.4, -0.2) is 0 Å². The summed E-state index contributed by atoms with van der Waals surface area (Å²) in [6, 6.07) is 0. The molecule has 0 aliphatic heterocycles. The molecule has 1 unspecified atom stereocenters. The summed E-state index contributed by atoms with van der Waals surface area (Å²) in [4.78, 5) is 0. The van der Waals surface area contributed by atoms with Crippen LogP contribution in [0.5, 0.6) is 0 Å². The molecule has 0 saturated heterocycles. The summed E-state index contributed by atoms with van der Waals surface area (Å²) in [5.41, 5.74) is 1.00. The van der Waals surface area contributed by atoms with Gasteiger partial charge in [-0.05, 0) is 23.2 Å². The van der Waals surface area contributed by atoms with E-state index >= 15 is 0 Å². The van der Waals surface area contributed by atoms with Crippen LogP contribution in [0.3, 0.4) is 0 Å². The summed E-state index contributed by atoms with van der Waals surface area (Å²) < 4.78 is 0. The molecule has 80 valence electrons. The van der Waals surface area contributed by atoms with Crippen molar-refractivity contribution in [1.82, 2.24) is 0 Å². The van der Waals surface area contributed by atoms with Gasteiger partial charge in [0, 0.05) is 0 Å². The van der Waals surface area contributed by atoms with Gasteiger partial charge >= 0.3 is 0 Å². The minimum absolute atomic E-state index is 0.494. The molecule has 1 atom stereocenters. The molecule has 0 saturated carbocycles. The second-order valence-electron chi connectivity index (χ2n) is 5.99. The van der Waals surface area contributed by atoms with Gasteiger partial charge in [0.05, 0.1) is 0 Å². The molecule has 0 N–H and O–H groups in total. The summed E-state index contributed by atoms with van der Waals surface area (Å²) in [6.45, 7) is 16.6. The molecule has 13 heavy (non-hydrogen) atoms. The van der Waals surface area contributed by atoms with Crippen molar-refractivity contribution < 1.29 is 0 Å². The Balaban J connectivity index is 4.32. The predicted molar refractivity (Wildman–Crippen MR) is 61.9 cm³/mol. The van der Waals surface area contributed by atoms with Gasteiger partial charge in [-0.1, -0.05) is 61.3 Å². The Morgan fingerprint density at radius 1 is 1.00 bits per heavy atom. The highest BCUT2D eigenvalue weighted by molar-refractivity contribution is 4.81. The average Bonchev–Trinajstić information content (AvgIpc) is 2.01. The van der Waals surface area contributed by atoms with E-state index in [9.17, 15) is 0 Å². The van der Waals surface area contributed by atoms with Crippen LogP contribution in [0.4, 0.5) is 0 Å². The third-order valence-corrected chi connectivity index (χ3v) is 3.84. The molecule has 0 aliphatic rings. The topological polar surface area (TPSA) is 0 Å². The van der Waals surface area contributed by atoms with Gasteiger partial charge < -0.3 is 0 Å². The molecular formula is C13H28. The molecule has 0 aromatic rings. The molecule has 0 radical (unpaired) electrons. The summed E-state index contributed by atoms with van der Waals surface area (Å²) >= 11 is 0. The number of hydrogen-bond acceptors (Lipinski definition) is 0. The third-order valence-electron chi connectivity index (χ3n) is 3.84. The van der Waals surface area contributed by atoms with Gasteiger partial charge in [0.1, 0.15) is 0 Å². The van der Waals surface area contributed by atoms with Crippen molar-refractivity contribution in [3.05, 3.63) is 0 Å². The lowest BCUT2D eigenvalue weighted by molar-refractivity contribution is 0.124. The molecule has 0 aliphatic carbocycles. The Bertz CT molecular complexity index is 142. The average molecular weight is 184 g/mol. The largest absolute Gasteiger partial charge is 0.0651 e. The highest BCUT2D eigenvalue weighted by Gasteiger charge is 2.31. The van der Waals surface area contributed by atoms with Gasteiger partial charge in [0.15, 0.2) is 0 Å². The zero-order valence-corrected chi connectivity index (χ0v) is 10.7. The quantitative estimate of drug-likeness (QED) is 0.571. The Morgan fingerprint density at radius 2 is 1.46 bits per heavy atom. The normalized spacial score (nSPS) is 15.9. The molecule has 0 aromatic carbocycles. The van der Waals surface area contributed by atoms with Crippen LogP contribution >= 0.6 is 0 Å². The number of rotatable bonds is 5. The molecule has 0 fully saturated rings. The summed E-state index contributed by atoms with van der Waals surface area (Å²) in [5.74, 6) is 0.832. The smallest absolute Gasteiger partial charge is 0.0324 e. The van der Waals surface area contributed by atoms with E-state index in [1.807, 2.05) is 0 Å². The summed E-state index contributed by atoms with van der Waals surface area (Å²) in [7, 11) is 0. The Kier molecular flexibility index (Phi) is 4.48. The van der Waals surface area contributed by atoms with Gasteiger partial charge in [-0.3, -0.25) is 0 Å². The van der Waals surface area contributed by atoms with Crippen LogP contribution in [0, 0.1) is 16.7 Å². The first-order valence-corrected chi connectivity index (χ1v) is 5.75. The summed E-state index contributed by atoms with van der Waals surface area (Å²) in [6.07, 6.45) is 3.92. The lowest BCUT2D eigenvalue weighted by atomic mass is 9.67. The van der Waals surface area contributed by atoms with E-state index in [0.717, 1.165) is 5.92 Å². The highest BCUT2D eigenvalue weighted by Crippen LogP contribution is 2.41. The predicted octanol–water partition coefficient (Wildman–Crippen LogP) is 4.89. The van der Waals surface area contributed by atoms with Gasteiger partial charge in [-0.25, -0.2) is 0 Å². The van der Waals surface area contributed by atoms with Crippen molar-refractivity contribution >= 4 is 0 Å². The van der Waals surface area contributed by atoms with Gasteiger partial charge in [0.2, 0.25) is 0 Å². The fourth-order valence-electron chi connectivity index (χ4n) is 2.09. The zero-order chi connectivity index (χ0) is 10.7. The van der Waals surface area contributed by atoms with Crippen molar-refractivity contribution in [1.29, 1.82) is 0 Å². The minimum atomic E-state index is 0.494. The van der Waals surface area contributed by atoms with Crippen molar-refractivity contribution in [3.8, 4) is 0 Å². The Labute approximate surface area is 85.1 Å². The molecule has 0 spiro atoms. The van der Waals surface area contributed by atoms with E-state index in [4.69, 9.17) is 0 Å². The van der Waals surface area contributed by atoms with E-state index < -0.39 is 0 Å². The molecule has 0 amide bonds. The standard InChI is InChI=1S/C13H28/c1-8-11(3)13(6,7)10-12(4,5)9-2/h11H,8-10H2,1-7H3. The van der Waals surface area contributed by atoms with E-state index in [0.29, 0.717) is 10.8 Å². The SMILES string of the molecule is CCC(C)C(C)(C)CC(C)(C)CC. The monoisotopic (exact) mass is 184 g/mol. The van der Waals surface area contributed by atoms with Crippen molar-refractivity contribution in [2.45, 2.75) is 67.7 Å². The van der Waals surface area contributed by atoms with Crippen LogP contribution in [0.2, 0.25) is 0 Å². The number of hydrogen-bond donors (Lipinski definition) is 0. The molecule has 0 bridgehead atoms. The van der Waals surface area contributed by atoms with E-state index in [1.54, 1.807) is 0 Å². The maximum atomic E-state index is 2.42. The third kappa shape index (κ3) is 4.15. The van der Waals surface area contributed by atoms with E-state index in [1.165, 1.54) is 19.3 Å². The van der Waals surface area contributed by atoms with E-state index in [-0.39, 0.29) is 0 Å². The van der Waals surface area contributed by atoms with Gasteiger partial charge in [0.25, 0.3) is 0 Å². The van der Waals surface area contributed by atoms with Crippen LogP contribution in [-0.2, 0) is 0 Å². The molecule has 0 nitrogen and oxygen atoms in total. The molecule has 0 aromatic heterocycles. The lowest BCUT2D eigenvalue weighted by Gasteiger charge is -2.38. The second-order valence-corrected chi connectivity index (χ2v) is 5.99. The van der Waals surface area contributed by atoms with Gasteiger partial charge in [-0.2, -0.15) is 0 Å². The fourth-order valence-corrected chi connectivity index (χ4v) is 2.09. The molecular weight excluding hydrogens is 156 g/mol. The second kappa shape index (κ2) is 4.48. The van der Waals surface area contributed by atoms with Crippen molar-refractivity contribution in [2.75, 3.05) is 0 Å². The van der Waals surface area contributed by atoms with E-state index in [2.05, 4.69) is 48.5 Å². The zero-order valence-electron chi connectivity index (χ0n) is 10.7. The highest BCUT2D eigenvalue weighted by atomic mass is 14.4. The molecule has 0 heterocycles. The van der Waals surface area contributed by atoms with Crippen molar-refractivity contribution in [2.24, 2.45) is 16.7 Å². The fraction of sp³-hybridized carbons (Fsp3) is 1.00. The maximum absolute atomic E-state index is 2.42. The van der Waals surface area contributed by atoms with Crippen molar-refractivity contribution in [3.63, 3.8) is 0 Å². The first-order chi connectivity index (χ1) is 5.75. The first-order valence-electron chi connectivity index (χ1n) is 5.75. The minimum Gasteiger partial charge on any atom is -0.0651 e. The summed E-state index contributed by atoms with van der Waals surface area (Å²) in [5, 5.41) is 0. The first kappa shape index (κ1) is 13.0. The van der Waals surface area contributed by atoms with Crippen LogP contribution in [0.1, 0.15) is 67.7 Å². The Morgan fingerprint density at radius 3 is 1.77 bits per heavy atom. The molecule has 0 rings (SSSR count). The van der Waals surface area contributed by atoms with Crippen LogP contribution < -0.4 is 0 Å². The lowest BCUT2D eigenvalue weighted by Crippen LogP contribution is -2.28. The Hall–Kier alpha value is 0.